The first-order valence-electron chi connectivity index (χ1n) is 9.88. The van der Waals surface area contributed by atoms with Gasteiger partial charge in [-0.1, -0.05) is 37.7 Å². The van der Waals surface area contributed by atoms with Gasteiger partial charge in [-0.2, -0.15) is 0 Å². The first-order chi connectivity index (χ1) is 13.9. The molecule has 1 aliphatic heterocycles. The first-order valence-corrected chi connectivity index (χ1v) is 10.8. The second-order valence-electron chi connectivity index (χ2n) is 7.49. The van der Waals surface area contributed by atoms with E-state index in [2.05, 4.69) is 38.8 Å². The molecule has 2 heterocycles. The number of benzene rings is 1. The zero-order valence-electron chi connectivity index (χ0n) is 17.1. The summed E-state index contributed by atoms with van der Waals surface area (Å²) in [5, 5.41) is 12.1. The van der Waals surface area contributed by atoms with E-state index in [0.717, 1.165) is 36.3 Å². The van der Waals surface area contributed by atoms with Gasteiger partial charge in [0.25, 0.3) is 0 Å². The van der Waals surface area contributed by atoms with Crippen LogP contribution >= 0.6 is 11.8 Å². The molecule has 1 fully saturated rings. The molecule has 0 aliphatic carbocycles. The van der Waals surface area contributed by atoms with E-state index in [-0.39, 0.29) is 17.0 Å². The number of anilines is 1. The Morgan fingerprint density at radius 3 is 2.55 bits per heavy atom. The van der Waals surface area contributed by atoms with Gasteiger partial charge in [-0.15, -0.1) is 10.2 Å². The maximum Gasteiger partial charge on any atom is 0.233 e. The Morgan fingerprint density at radius 2 is 1.90 bits per heavy atom. The number of thioether (sulfide) groups is 1. The highest BCUT2D eigenvalue weighted by atomic mass is 32.2. The number of halogens is 1. The number of nitrogens with zero attached hydrogens (tertiary/aromatic N) is 4. The molecule has 0 unspecified atom stereocenters. The van der Waals surface area contributed by atoms with Gasteiger partial charge in [0.05, 0.1) is 18.5 Å². The molecule has 0 radical (unpaired) electrons. The summed E-state index contributed by atoms with van der Waals surface area (Å²) in [6.07, 6.45) is 0. The fourth-order valence-electron chi connectivity index (χ4n) is 3.04. The highest BCUT2D eigenvalue weighted by Crippen LogP contribution is 2.27. The highest BCUT2D eigenvalue weighted by molar-refractivity contribution is 8.00. The smallest absolute Gasteiger partial charge is 0.233 e. The zero-order valence-corrected chi connectivity index (χ0v) is 17.9. The predicted octanol–water partition coefficient (Wildman–Crippen LogP) is 2.71. The van der Waals surface area contributed by atoms with Gasteiger partial charge in [-0.25, -0.2) is 4.39 Å². The molecule has 1 aliphatic rings. The van der Waals surface area contributed by atoms with Crippen LogP contribution in [0.4, 0.5) is 10.3 Å². The monoisotopic (exact) mass is 421 g/mol. The number of carbonyl (C=O) groups excluding carboxylic acids is 1. The molecule has 9 heteroatoms. The number of morpholine rings is 1. The van der Waals surface area contributed by atoms with Crippen LogP contribution in [0.3, 0.4) is 0 Å². The number of hydrogen-bond acceptors (Lipinski definition) is 6. The Labute approximate surface area is 175 Å². The summed E-state index contributed by atoms with van der Waals surface area (Å²) in [6, 6.07) is 6.12. The number of rotatable bonds is 8. The minimum Gasteiger partial charge on any atom is -0.378 e. The van der Waals surface area contributed by atoms with Crippen molar-refractivity contribution < 1.29 is 13.9 Å². The normalized spacial score (nSPS) is 15.6. The van der Waals surface area contributed by atoms with E-state index in [1.165, 1.54) is 23.9 Å². The Balaban J connectivity index is 1.65. The largest absolute Gasteiger partial charge is 0.378 e. The van der Waals surface area contributed by atoms with E-state index >= 15 is 0 Å². The van der Waals surface area contributed by atoms with Crippen LogP contribution in [0.1, 0.15) is 26.3 Å². The molecule has 0 spiro atoms. The lowest BCUT2D eigenvalue weighted by molar-refractivity contribution is -0.120. The molecule has 1 amide bonds. The van der Waals surface area contributed by atoms with Crippen molar-refractivity contribution in [2.75, 3.05) is 31.2 Å². The van der Waals surface area contributed by atoms with E-state index in [4.69, 9.17) is 4.74 Å². The average Bonchev–Trinajstić information content (AvgIpc) is 3.09. The van der Waals surface area contributed by atoms with Crippen molar-refractivity contribution in [1.82, 2.24) is 20.1 Å². The fraction of sp³-hybridized carbons (Fsp3) is 0.550. The maximum atomic E-state index is 13.0. The van der Waals surface area contributed by atoms with Crippen molar-refractivity contribution in [3.05, 3.63) is 35.6 Å². The molecule has 0 bridgehead atoms. The third-order valence-electron chi connectivity index (χ3n) is 4.57. The number of ether oxygens (including phenoxy) is 1. The second kappa shape index (κ2) is 10.1. The molecule has 3 rings (SSSR count). The Bertz CT molecular complexity index is 806. The van der Waals surface area contributed by atoms with E-state index in [0.29, 0.717) is 25.7 Å². The van der Waals surface area contributed by atoms with Crippen LogP contribution in [0.2, 0.25) is 0 Å². The van der Waals surface area contributed by atoms with Gasteiger partial charge in [-0.05, 0) is 30.5 Å². The van der Waals surface area contributed by atoms with Crippen molar-refractivity contribution in [2.24, 2.45) is 5.92 Å². The summed E-state index contributed by atoms with van der Waals surface area (Å²) in [5.41, 5.74) is 0.856. The van der Waals surface area contributed by atoms with Crippen molar-refractivity contribution in [3.8, 4) is 0 Å². The standard InChI is InChI=1S/C20H28FN5O2S/c1-14(2)13-26-19(25-8-10-28-11-9-25)23-24-20(26)29-15(3)18(27)22-12-16-4-6-17(21)7-5-16/h4-7,14-15H,8-13H2,1-3H3,(H,22,27)/t15-/m0/s1. The van der Waals surface area contributed by atoms with Gasteiger partial charge in [0.15, 0.2) is 5.16 Å². The molecule has 7 nitrogen and oxygen atoms in total. The van der Waals surface area contributed by atoms with E-state index in [1.807, 2.05) is 6.92 Å². The lowest BCUT2D eigenvalue weighted by Crippen LogP contribution is -2.38. The number of carbonyl (C=O) groups is 1. The lowest BCUT2D eigenvalue weighted by Gasteiger charge is -2.28. The molecule has 158 valence electrons. The molecule has 1 N–H and O–H groups in total. The molecule has 29 heavy (non-hydrogen) atoms. The number of hydrogen-bond donors (Lipinski definition) is 1. The summed E-state index contributed by atoms with van der Waals surface area (Å²) in [5.74, 6) is 0.882. The van der Waals surface area contributed by atoms with Crippen LogP contribution in [0.5, 0.6) is 0 Å². The van der Waals surface area contributed by atoms with Crippen LogP contribution in [-0.4, -0.2) is 52.2 Å². The van der Waals surface area contributed by atoms with E-state index < -0.39 is 0 Å². The van der Waals surface area contributed by atoms with Crippen LogP contribution in [-0.2, 0) is 22.6 Å². The third-order valence-corrected chi connectivity index (χ3v) is 5.65. The summed E-state index contributed by atoms with van der Waals surface area (Å²) in [6.45, 7) is 10.2. The molecule has 0 saturated carbocycles. The molecule has 1 aromatic heterocycles. The Kier molecular flexibility index (Phi) is 7.49. The molecule has 1 atom stereocenters. The van der Waals surface area contributed by atoms with Gasteiger partial charge in [0.2, 0.25) is 11.9 Å². The van der Waals surface area contributed by atoms with Gasteiger partial charge in [0.1, 0.15) is 5.82 Å². The van der Waals surface area contributed by atoms with Crippen molar-refractivity contribution in [3.63, 3.8) is 0 Å². The van der Waals surface area contributed by atoms with Crippen LogP contribution < -0.4 is 10.2 Å². The molecule has 2 aromatic rings. The minimum absolute atomic E-state index is 0.0913. The molecule has 1 saturated heterocycles. The number of nitrogens with one attached hydrogen (secondary N) is 1. The maximum absolute atomic E-state index is 13.0. The average molecular weight is 422 g/mol. The quantitative estimate of drug-likeness (QED) is 0.661. The highest BCUT2D eigenvalue weighted by Gasteiger charge is 2.24. The van der Waals surface area contributed by atoms with Crippen LogP contribution in [0, 0.1) is 11.7 Å². The van der Waals surface area contributed by atoms with Gasteiger partial charge in [-0.3, -0.25) is 9.36 Å². The van der Waals surface area contributed by atoms with Gasteiger partial charge < -0.3 is 15.0 Å². The van der Waals surface area contributed by atoms with Gasteiger partial charge in [0, 0.05) is 26.2 Å². The topological polar surface area (TPSA) is 72.3 Å². The van der Waals surface area contributed by atoms with Gasteiger partial charge >= 0.3 is 0 Å². The summed E-state index contributed by atoms with van der Waals surface area (Å²) in [4.78, 5) is 14.7. The minimum atomic E-state index is -0.330. The summed E-state index contributed by atoms with van der Waals surface area (Å²) >= 11 is 1.40. The Hall–Kier alpha value is -2.13. The summed E-state index contributed by atoms with van der Waals surface area (Å²) < 4.78 is 20.5. The first kappa shape index (κ1) is 21.6. The third kappa shape index (κ3) is 5.93. The van der Waals surface area contributed by atoms with Crippen LogP contribution in [0.15, 0.2) is 29.4 Å². The fourth-order valence-corrected chi connectivity index (χ4v) is 3.92. The lowest BCUT2D eigenvalue weighted by atomic mass is 10.2. The second-order valence-corrected chi connectivity index (χ2v) is 8.80. The van der Waals surface area contributed by atoms with Crippen molar-refractivity contribution in [2.45, 2.75) is 44.3 Å². The van der Waals surface area contributed by atoms with Crippen molar-refractivity contribution >= 4 is 23.6 Å². The van der Waals surface area contributed by atoms with Crippen molar-refractivity contribution in [1.29, 1.82) is 0 Å². The van der Waals surface area contributed by atoms with Crippen LogP contribution in [0.25, 0.3) is 0 Å². The Morgan fingerprint density at radius 1 is 1.21 bits per heavy atom. The molecular weight excluding hydrogens is 393 g/mol. The summed E-state index contributed by atoms with van der Waals surface area (Å²) in [7, 11) is 0. The molecule has 1 aromatic carbocycles. The zero-order chi connectivity index (χ0) is 20.8. The number of aromatic nitrogens is 3. The SMILES string of the molecule is CC(C)Cn1c(S[C@@H](C)C(=O)NCc2ccc(F)cc2)nnc1N1CCOCC1. The van der Waals surface area contributed by atoms with E-state index in [9.17, 15) is 9.18 Å². The van der Waals surface area contributed by atoms with E-state index in [1.54, 1.807) is 12.1 Å². The predicted molar refractivity (Wildman–Crippen MR) is 111 cm³/mol. The molecular formula is C20H28FN5O2S. The number of amides is 1.